The van der Waals surface area contributed by atoms with Crippen molar-refractivity contribution in [2.24, 2.45) is 22.7 Å². The molecule has 0 aromatic rings. The van der Waals surface area contributed by atoms with Crippen LogP contribution in [0.4, 0.5) is 0 Å². The predicted octanol–water partition coefficient (Wildman–Crippen LogP) is 4.00. The Morgan fingerprint density at radius 3 is 2.08 bits per heavy atom. The molecule has 3 saturated carbocycles. The predicted molar refractivity (Wildman–Crippen MR) is 55.5 cm³/mol. The minimum Gasteiger partial charge on any atom is -0.0625 e. The third-order valence-corrected chi connectivity index (χ3v) is 5.75. The molecule has 0 nitrogen and oxygen atoms in total. The summed E-state index contributed by atoms with van der Waals surface area (Å²) in [6, 6.07) is 0. The van der Waals surface area contributed by atoms with Gasteiger partial charge >= 0.3 is 0 Å². The largest absolute Gasteiger partial charge is 0.0625 e. The smallest absolute Gasteiger partial charge is 0.0212 e. The Morgan fingerprint density at radius 1 is 1.00 bits per heavy atom. The fourth-order valence-electron chi connectivity index (χ4n) is 4.22. The summed E-state index contributed by atoms with van der Waals surface area (Å²) in [5, 5.41) is 0. The van der Waals surface area contributed by atoms with Crippen LogP contribution < -0.4 is 0 Å². The minimum atomic E-state index is 0.766. The van der Waals surface area contributed by atoms with Crippen molar-refractivity contribution in [3.8, 4) is 0 Å². The molecule has 0 heteroatoms. The molecule has 0 bridgehead atoms. The van der Waals surface area contributed by atoms with Gasteiger partial charge < -0.3 is 0 Å². The minimum absolute atomic E-state index is 0.766. The molecule has 3 rings (SSSR count). The summed E-state index contributed by atoms with van der Waals surface area (Å²) in [6.45, 7) is 5.03. The van der Waals surface area contributed by atoms with Gasteiger partial charge in [-0.1, -0.05) is 26.7 Å². The van der Waals surface area contributed by atoms with E-state index >= 15 is 0 Å². The summed E-state index contributed by atoms with van der Waals surface area (Å²) < 4.78 is 0. The second-order valence-corrected chi connectivity index (χ2v) is 6.34. The SMILES string of the molecule is CC1CCC(C)(C23CCC2C3)CC1. The Kier molecular flexibility index (Phi) is 1.49. The van der Waals surface area contributed by atoms with Crippen LogP contribution in [0.1, 0.15) is 58.8 Å². The molecule has 0 aromatic carbocycles. The molecule has 0 N–H and O–H groups in total. The molecule has 13 heavy (non-hydrogen) atoms. The van der Waals surface area contributed by atoms with Gasteiger partial charge in [-0.2, -0.15) is 0 Å². The van der Waals surface area contributed by atoms with E-state index in [2.05, 4.69) is 13.8 Å². The van der Waals surface area contributed by atoms with Gasteiger partial charge in [0.15, 0.2) is 0 Å². The lowest BCUT2D eigenvalue weighted by molar-refractivity contribution is 0.0251. The summed E-state index contributed by atoms with van der Waals surface area (Å²) in [4.78, 5) is 0. The highest BCUT2D eigenvalue weighted by molar-refractivity contribution is 5.18. The molecule has 2 unspecified atom stereocenters. The Balaban J connectivity index is 1.75. The first-order chi connectivity index (χ1) is 6.16. The molecule has 0 heterocycles. The van der Waals surface area contributed by atoms with Gasteiger partial charge in [0.1, 0.15) is 0 Å². The highest BCUT2D eigenvalue weighted by atomic mass is 14.7. The van der Waals surface area contributed by atoms with Crippen LogP contribution in [-0.2, 0) is 0 Å². The number of hydrogen-bond donors (Lipinski definition) is 0. The summed E-state index contributed by atoms with van der Waals surface area (Å²) in [5.74, 6) is 2.19. The molecule has 0 aliphatic heterocycles. The standard InChI is InChI=1S/C13H22/c1-10-3-6-12(2,7-4-10)13-8-5-11(13)9-13/h10-11H,3-9H2,1-2H3. The molecule has 3 aliphatic carbocycles. The number of hydrogen-bond acceptors (Lipinski definition) is 0. The van der Waals surface area contributed by atoms with Crippen molar-refractivity contribution in [3.63, 3.8) is 0 Å². The van der Waals surface area contributed by atoms with Crippen molar-refractivity contribution in [1.29, 1.82) is 0 Å². The van der Waals surface area contributed by atoms with Crippen LogP contribution >= 0.6 is 0 Å². The molecule has 0 amide bonds. The molecular formula is C13H22. The Bertz CT molecular complexity index is 218. The van der Waals surface area contributed by atoms with Crippen LogP contribution in [0.25, 0.3) is 0 Å². The first-order valence-corrected chi connectivity index (χ1v) is 6.16. The van der Waals surface area contributed by atoms with Crippen molar-refractivity contribution in [2.75, 3.05) is 0 Å². The van der Waals surface area contributed by atoms with Gasteiger partial charge in [-0.15, -0.1) is 0 Å². The zero-order valence-corrected chi connectivity index (χ0v) is 9.10. The van der Waals surface area contributed by atoms with E-state index in [9.17, 15) is 0 Å². The maximum absolute atomic E-state index is 2.60. The van der Waals surface area contributed by atoms with E-state index in [1.165, 1.54) is 31.6 Å². The molecule has 3 aliphatic rings. The lowest BCUT2D eigenvalue weighted by atomic mass is 9.57. The van der Waals surface area contributed by atoms with Crippen molar-refractivity contribution in [2.45, 2.75) is 58.8 Å². The summed E-state index contributed by atoms with van der Waals surface area (Å²) in [7, 11) is 0. The fourth-order valence-corrected chi connectivity index (χ4v) is 4.22. The quantitative estimate of drug-likeness (QED) is 0.569. The van der Waals surface area contributed by atoms with Gasteiger partial charge in [0, 0.05) is 0 Å². The van der Waals surface area contributed by atoms with Crippen LogP contribution in [0.3, 0.4) is 0 Å². The van der Waals surface area contributed by atoms with Crippen molar-refractivity contribution < 1.29 is 0 Å². The van der Waals surface area contributed by atoms with Gasteiger partial charge in [-0.3, -0.25) is 0 Å². The molecule has 2 atom stereocenters. The maximum Gasteiger partial charge on any atom is -0.0212 e. The normalized spacial score (nSPS) is 59.5. The van der Waals surface area contributed by atoms with E-state index in [-0.39, 0.29) is 0 Å². The Morgan fingerprint density at radius 2 is 1.69 bits per heavy atom. The van der Waals surface area contributed by atoms with E-state index in [1.807, 2.05) is 0 Å². The zero-order chi connectivity index (χ0) is 9.10. The fraction of sp³-hybridized carbons (Fsp3) is 1.00. The van der Waals surface area contributed by atoms with Crippen LogP contribution in [0.5, 0.6) is 0 Å². The molecular weight excluding hydrogens is 156 g/mol. The molecule has 74 valence electrons. The van der Waals surface area contributed by atoms with Crippen LogP contribution in [0, 0.1) is 22.7 Å². The monoisotopic (exact) mass is 178 g/mol. The first-order valence-electron chi connectivity index (χ1n) is 6.16. The topological polar surface area (TPSA) is 0 Å². The second-order valence-electron chi connectivity index (χ2n) is 6.34. The van der Waals surface area contributed by atoms with E-state index in [0.717, 1.165) is 16.7 Å². The molecule has 0 radical (unpaired) electrons. The highest BCUT2D eigenvalue weighted by Gasteiger charge is 2.68. The van der Waals surface area contributed by atoms with Crippen molar-refractivity contribution >= 4 is 0 Å². The van der Waals surface area contributed by atoms with E-state index in [0.29, 0.717) is 0 Å². The van der Waals surface area contributed by atoms with E-state index in [4.69, 9.17) is 0 Å². The zero-order valence-electron chi connectivity index (χ0n) is 9.10. The van der Waals surface area contributed by atoms with Gasteiger partial charge in [0.2, 0.25) is 0 Å². The van der Waals surface area contributed by atoms with Gasteiger partial charge in [0.05, 0.1) is 0 Å². The van der Waals surface area contributed by atoms with Gasteiger partial charge in [-0.05, 0) is 54.8 Å². The van der Waals surface area contributed by atoms with Crippen molar-refractivity contribution in [3.05, 3.63) is 0 Å². The molecule has 3 fully saturated rings. The van der Waals surface area contributed by atoms with Crippen LogP contribution in [0.2, 0.25) is 0 Å². The summed E-state index contributed by atoms with van der Waals surface area (Å²) >= 11 is 0. The lowest BCUT2D eigenvalue weighted by Gasteiger charge is -2.47. The van der Waals surface area contributed by atoms with Crippen molar-refractivity contribution in [1.82, 2.24) is 0 Å². The Hall–Kier alpha value is 0. The molecule has 0 saturated heterocycles. The average Bonchev–Trinajstić information content (AvgIpc) is 2.62. The van der Waals surface area contributed by atoms with Gasteiger partial charge in [0.25, 0.3) is 0 Å². The third kappa shape index (κ3) is 0.926. The number of rotatable bonds is 1. The lowest BCUT2D eigenvalue weighted by Crippen LogP contribution is -2.38. The average molecular weight is 178 g/mol. The second kappa shape index (κ2) is 2.32. The van der Waals surface area contributed by atoms with Crippen LogP contribution in [-0.4, -0.2) is 0 Å². The van der Waals surface area contributed by atoms with Crippen LogP contribution in [0.15, 0.2) is 0 Å². The number of fused-ring (bicyclic) bond motifs is 1. The molecule has 0 aromatic heterocycles. The summed E-state index contributed by atoms with van der Waals surface area (Å²) in [5.41, 5.74) is 1.65. The molecule has 0 spiro atoms. The highest BCUT2D eigenvalue weighted by Crippen LogP contribution is 2.77. The summed E-state index contributed by atoms with van der Waals surface area (Å²) in [6.07, 6.45) is 10.8. The third-order valence-electron chi connectivity index (χ3n) is 5.75. The van der Waals surface area contributed by atoms with E-state index in [1.54, 1.807) is 19.3 Å². The van der Waals surface area contributed by atoms with E-state index < -0.39 is 0 Å². The maximum atomic E-state index is 2.60. The van der Waals surface area contributed by atoms with Gasteiger partial charge in [-0.25, -0.2) is 0 Å². The Labute approximate surface area is 82.1 Å². The first kappa shape index (κ1) is 8.32.